The van der Waals surface area contributed by atoms with Crippen LogP contribution in [-0.2, 0) is 14.5 Å². The number of benzene rings is 2. The van der Waals surface area contributed by atoms with Gasteiger partial charge in [0.25, 0.3) is 12.3 Å². The van der Waals surface area contributed by atoms with Gasteiger partial charge in [-0.2, -0.15) is 0 Å². The van der Waals surface area contributed by atoms with E-state index in [1.165, 1.54) is 25.6 Å². The molecule has 2 atom stereocenters. The lowest BCUT2D eigenvalue weighted by Crippen LogP contribution is -2.38. The summed E-state index contributed by atoms with van der Waals surface area (Å²) in [7, 11) is -2.47. The Labute approximate surface area is 201 Å². The van der Waals surface area contributed by atoms with Crippen LogP contribution in [0.3, 0.4) is 0 Å². The second-order valence-corrected chi connectivity index (χ2v) is 10.3. The predicted molar refractivity (Wildman–Crippen MR) is 133 cm³/mol. The molecule has 3 N–H and O–H groups in total. The standard InChI is InChI=1S/C22H24ClF2N5O3S/c1-12-7-15(30-34(3,4)32)9-17-20(12)21(28-11-27-17)29-16-6-5-14(23)8-18(16)33-13(2)22(31)26-10-19(24)25/h5-9,11,13,19H,3,10H2,1-2,4H3,(H,26,31)(H,30,32)(H,27,28,29)/t13-,34?/m1/s1. The number of aryl methyl sites for hydroxylation is 1. The van der Waals surface area contributed by atoms with Crippen LogP contribution in [0.1, 0.15) is 12.5 Å². The molecule has 12 heteroatoms. The fourth-order valence-corrected chi connectivity index (χ4v) is 3.96. The molecule has 0 fully saturated rings. The zero-order chi connectivity index (χ0) is 25.0. The van der Waals surface area contributed by atoms with E-state index < -0.39 is 34.7 Å². The second-order valence-electron chi connectivity index (χ2n) is 7.68. The Morgan fingerprint density at radius 3 is 2.68 bits per heavy atom. The summed E-state index contributed by atoms with van der Waals surface area (Å²) in [6.45, 7) is 2.53. The van der Waals surface area contributed by atoms with Gasteiger partial charge >= 0.3 is 0 Å². The van der Waals surface area contributed by atoms with Crippen molar-refractivity contribution in [1.82, 2.24) is 15.3 Å². The van der Waals surface area contributed by atoms with Crippen molar-refractivity contribution in [3.8, 4) is 5.75 Å². The maximum atomic E-state index is 12.4. The summed E-state index contributed by atoms with van der Waals surface area (Å²) in [5.41, 5.74) is 2.47. The van der Waals surface area contributed by atoms with Crippen molar-refractivity contribution in [2.45, 2.75) is 26.4 Å². The number of hydrogen-bond donors (Lipinski definition) is 3. The minimum atomic E-state index is -2.66. The molecule has 2 aromatic carbocycles. The molecule has 8 nitrogen and oxygen atoms in total. The maximum absolute atomic E-state index is 12.4. The van der Waals surface area contributed by atoms with Crippen molar-refractivity contribution < 1.29 is 22.5 Å². The van der Waals surface area contributed by atoms with E-state index in [1.54, 1.807) is 24.3 Å². The Kier molecular flexibility index (Phi) is 7.78. The highest BCUT2D eigenvalue weighted by atomic mass is 35.5. The van der Waals surface area contributed by atoms with Crippen LogP contribution in [0.4, 0.5) is 26.0 Å². The van der Waals surface area contributed by atoms with Crippen molar-refractivity contribution in [3.63, 3.8) is 0 Å². The van der Waals surface area contributed by atoms with Crippen LogP contribution in [-0.4, -0.2) is 51.3 Å². The van der Waals surface area contributed by atoms with E-state index in [9.17, 15) is 17.8 Å². The number of alkyl halides is 2. The minimum absolute atomic E-state index is 0.234. The van der Waals surface area contributed by atoms with E-state index in [2.05, 4.69) is 31.2 Å². The summed E-state index contributed by atoms with van der Waals surface area (Å²) >= 11 is 6.11. The third-order valence-corrected chi connectivity index (χ3v) is 5.47. The van der Waals surface area contributed by atoms with Crippen LogP contribution in [0.5, 0.6) is 5.75 Å². The number of hydrogen-bond acceptors (Lipinski definition) is 6. The Morgan fingerprint density at radius 1 is 1.26 bits per heavy atom. The van der Waals surface area contributed by atoms with Gasteiger partial charge in [-0.05, 0) is 49.5 Å². The van der Waals surface area contributed by atoms with Gasteiger partial charge in [-0.25, -0.2) is 23.0 Å². The first kappa shape index (κ1) is 25.4. The van der Waals surface area contributed by atoms with Gasteiger partial charge in [-0.15, -0.1) is 0 Å². The van der Waals surface area contributed by atoms with Gasteiger partial charge in [0, 0.05) is 38.1 Å². The molecule has 0 aliphatic rings. The third-order valence-electron chi connectivity index (χ3n) is 4.57. The molecule has 0 spiro atoms. The van der Waals surface area contributed by atoms with E-state index in [4.69, 9.17) is 16.3 Å². The molecule has 3 aromatic rings. The lowest BCUT2D eigenvalue weighted by atomic mass is 10.1. The van der Waals surface area contributed by atoms with Crippen LogP contribution in [0.15, 0.2) is 36.7 Å². The topological polar surface area (TPSA) is 105 Å². The molecule has 0 aliphatic heterocycles. The van der Waals surface area contributed by atoms with Gasteiger partial charge in [-0.1, -0.05) is 11.6 Å². The fraction of sp³-hybridized carbons (Fsp3) is 0.273. The lowest BCUT2D eigenvalue weighted by molar-refractivity contribution is -0.127. The number of carbonyl (C=O) groups excluding carboxylic acids is 1. The molecule has 0 saturated heterocycles. The molecule has 0 radical (unpaired) electrons. The molecule has 182 valence electrons. The molecule has 0 aliphatic carbocycles. The highest BCUT2D eigenvalue weighted by molar-refractivity contribution is 8.00. The summed E-state index contributed by atoms with van der Waals surface area (Å²) in [5, 5.41) is 6.36. The van der Waals surface area contributed by atoms with E-state index in [0.29, 0.717) is 33.1 Å². The molecule has 3 rings (SSSR count). The van der Waals surface area contributed by atoms with Gasteiger partial charge in [0.05, 0.1) is 17.7 Å². The number of aromatic nitrogens is 2. The summed E-state index contributed by atoms with van der Waals surface area (Å²) in [5.74, 6) is 3.61. The highest BCUT2D eigenvalue weighted by Crippen LogP contribution is 2.34. The number of anilines is 3. The van der Waals surface area contributed by atoms with Crippen LogP contribution in [0.25, 0.3) is 10.9 Å². The predicted octanol–water partition coefficient (Wildman–Crippen LogP) is 4.16. The molecular weight excluding hydrogens is 488 g/mol. The normalized spacial score (nSPS) is 13.9. The zero-order valence-corrected chi connectivity index (χ0v) is 20.3. The Bertz CT molecular complexity index is 1320. The first-order chi connectivity index (χ1) is 15.9. The summed E-state index contributed by atoms with van der Waals surface area (Å²) < 4.78 is 45.4. The fourth-order valence-electron chi connectivity index (χ4n) is 3.18. The molecular formula is C22H24ClF2N5O3S. The molecule has 0 bridgehead atoms. The van der Waals surface area contributed by atoms with Crippen LogP contribution in [0, 0.1) is 6.92 Å². The number of ether oxygens (including phenoxy) is 1. The molecule has 1 amide bonds. The Hall–Kier alpha value is -3.18. The summed E-state index contributed by atoms with van der Waals surface area (Å²) in [6.07, 6.45) is -0.849. The van der Waals surface area contributed by atoms with E-state index in [1.807, 2.05) is 6.92 Å². The second kappa shape index (κ2) is 10.4. The number of rotatable bonds is 9. The number of nitrogens with one attached hydrogen (secondary N) is 3. The van der Waals surface area contributed by atoms with Crippen molar-refractivity contribution >= 4 is 61.2 Å². The number of nitrogens with zero attached hydrogens (tertiary/aromatic N) is 2. The van der Waals surface area contributed by atoms with Gasteiger partial charge in [-0.3, -0.25) is 4.79 Å². The average molecular weight is 512 g/mol. The van der Waals surface area contributed by atoms with Crippen LogP contribution in [0.2, 0.25) is 5.02 Å². The molecule has 0 saturated carbocycles. The van der Waals surface area contributed by atoms with E-state index in [0.717, 1.165) is 5.56 Å². The van der Waals surface area contributed by atoms with Gasteiger partial charge in [0.15, 0.2) is 6.10 Å². The van der Waals surface area contributed by atoms with Crippen molar-refractivity contribution in [3.05, 3.63) is 47.2 Å². The zero-order valence-electron chi connectivity index (χ0n) is 18.7. The van der Waals surface area contributed by atoms with Crippen LogP contribution < -0.4 is 20.1 Å². The summed E-state index contributed by atoms with van der Waals surface area (Å²) in [4.78, 5) is 20.7. The quantitative estimate of drug-likeness (QED) is 0.373. The van der Waals surface area contributed by atoms with Crippen molar-refractivity contribution in [2.75, 3.05) is 22.8 Å². The largest absolute Gasteiger partial charge is 0.479 e. The molecule has 1 unspecified atom stereocenters. The number of amides is 1. The SMILES string of the molecule is C=S(C)(=O)Nc1cc(C)c2c(Nc3ccc(Cl)cc3O[C@H](C)C(=O)NCC(F)F)ncnc2c1. The van der Waals surface area contributed by atoms with Gasteiger partial charge in [0.2, 0.25) is 0 Å². The number of fused-ring (bicyclic) bond motifs is 1. The average Bonchev–Trinajstić information content (AvgIpc) is 2.72. The van der Waals surface area contributed by atoms with E-state index >= 15 is 0 Å². The Morgan fingerprint density at radius 2 is 2.00 bits per heavy atom. The van der Waals surface area contributed by atoms with E-state index in [-0.39, 0.29) is 5.75 Å². The van der Waals surface area contributed by atoms with Crippen molar-refractivity contribution in [1.29, 1.82) is 0 Å². The number of halogens is 3. The first-order valence-electron chi connectivity index (χ1n) is 10.1. The lowest BCUT2D eigenvalue weighted by Gasteiger charge is -2.19. The third kappa shape index (κ3) is 6.67. The number of carbonyl (C=O) groups is 1. The summed E-state index contributed by atoms with van der Waals surface area (Å²) in [6, 6.07) is 8.32. The minimum Gasteiger partial charge on any atom is -0.479 e. The molecule has 1 aromatic heterocycles. The van der Waals surface area contributed by atoms with Gasteiger partial charge < -0.3 is 20.1 Å². The highest BCUT2D eigenvalue weighted by Gasteiger charge is 2.19. The first-order valence-corrected chi connectivity index (χ1v) is 12.6. The van der Waals surface area contributed by atoms with Gasteiger partial charge in [0.1, 0.15) is 17.9 Å². The monoisotopic (exact) mass is 511 g/mol. The smallest absolute Gasteiger partial charge is 0.260 e. The molecule has 1 heterocycles. The van der Waals surface area contributed by atoms with Crippen LogP contribution >= 0.6 is 11.6 Å². The molecule has 34 heavy (non-hydrogen) atoms. The van der Waals surface area contributed by atoms with Crippen molar-refractivity contribution in [2.24, 2.45) is 0 Å². The Balaban J connectivity index is 1.92. The maximum Gasteiger partial charge on any atom is 0.260 e.